The molecule has 21 N–H and O–H groups in total. The largest absolute Gasteiger partial charge is 0.465 e. The van der Waals surface area contributed by atoms with E-state index in [1.807, 2.05) is 0 Å². The Kier molecular flexibility index (Phi) is 38.2. The van der Waals surface area contributed by atoms with Gasteiger partial charge in [-0.1, -0.05) is 12.8 Å². The fourth-order valence-corrected chi connectivity index (χ4v) is 10.4. The van der Waals surface area contributed by atoms with Gasteiger partial charge in [-0.15, -0.1) is 0 Å². The number of aliphatic hydroxyl groups is 16. The number of amides is 6. The van der Waals surface area contributed by atoms with Gasteiger partial charge >= 0.3 is 6.09 Å². The number of carbonyl (C=O) groups is 6. The van der Waals surface area contributed by atoms with Gasteiger partial charge in [-0.3, -0.25) is 28.9 Å². The highest BCUT2D eigenvalue weighted by atomic mass is 16.7. The Hall–Kier alpha value is -4.38. The van der Waals surface area contributed by atoms with E-state index in [0.29, 0.717) is 57.8 Å². The molecule has 6 amide bonds. The summed E-state index contributed by atoms with van der Waals surface area (Å²) >= 11 is 0. The van der Waals surface area contributed by atoms with Gasteiger partial charge in [0.25, 0.3) is 0 Å². The normalized spacial score (nSPS) is 31.2. The first-order valence-electron chi connectivity index (χ1n) is 31.6. The minimum Gasteiger partial charge on any atom is -0.465 e. The number of aliphatic hydroxyl groups excluding tert-OH is 16. The zero-order chi connectivity index (χ0) is 69.4. The highest BCUT2D eigenvalue weighted by Gasteiger charge is 2.47. The van der Waals surface area contributed by atoms with Gasteiger partial charge in [-0.2, -0.15) is 0 Å². The Morgan fingerprint density at radius 3 is 0.819 bits per heavy atom. The molecule has 94 heavy (non-hydrogen) atoms. The fraction of sp³-hybridized carbons (Fsp3) is 0.893. The second-order valence-corrected chi connectivity index (χ2v) is 23.1. The van der Waals surface area contributed by atoms with Crippen LogP contribution in [0.15, 0.2) is 0 Å². The van der Waals surface area contributed by atoms with Gasteiger partial charge in [0.1, 0.15) is 97.7 Å². The summed E-state index contributed by atoms with van der Waals surface area (Å²) in [4.78, 5) is 81.4. The van der Waals surface area contributed by atoms with Gasteiger partial charge in [0.15, 0.2) is 25.2 Å². The second-order valence-electron chi connectivity index (χ2n) is 23.1. The molecule has 4 saturated heterocycles. The first kappa shape index (κ1) is 82.0. The molecule has 38 nitrogen and oxygen atoms in total. The van der Waals surface area contributed by atoms with Crippen LogP contribution in [-0.4, -0.2) is 385 Å². The van der Waals surface area contributed by atoms with Crippen molar-refractivity contribution in [1.29, 1.82) is 0 Å². The van der Waals surface area contributed by atoms with Gasteiger partial charge < -0.3 is 156 Å². The lowest BCUT2D eigenvalue weighted by molar-refractivity contribution is -0.303. The number of carbonyl (C=O) groups excluding carboxylic acids is 5. The van der Waals surface area contributed by atoms with E-state index in [1.54, 1.807) is 0 Å². The lowest BCUT2D eigenvalue weighted by atomic mass is 9.99. The van der Waals surface area contributed by atoms with Crippen molar-refractivity contribution in [2.75, 3.05) is 125 Å². The third-order valence-electron chi connectivity index (χ3n) is 16.0. The van der Waals surface area contributed by atoms with Crippen LogP contribution in [0, 0.1) is 0 Å². The van der Waals surface area contributed by atoms with Crippen LogP contribution < -0.4 is 21.3 Å². The van der Waals surface area contributed by atoms with E-state index in [4.69, 9.17) is 43.0 Å². The molecule has 0 bridgehead atoms. The number of unbranched alkanes of at least 4 members (excludes halogenated alkanes) is 6. The minimum atomic E-state index is -1.72. The van der Waals surface area contributed by atoms with E-state index >= 15 is 0 Å². The molecule has 0 radical (unpaired) electrons. The summed E-state index contributed by atoms with van der Waals surface area (Å²) in [6.45, 7) is -4.97. The number of rotatable bonds is 44. The van der Waals surface area contributed by atoms with E-state index in [0.717, 1.165) is 0 Å². The zero-order valence-corrected chi connectivity index (χ0v) is 52.4. The monoisotopic (exact) mass is 1370 g/mol. The average molecular weight is 1370 g/mol. The Labute approximate surface area is 542 Å². The van der Waals surface area contributed by atoms with Crippen LogP contribution >= 0.6 is 0 Å². The van der Waals surface area contributed by atoms with Gasteiger partial charge in [-0.25, -0.2) is 4.79 Å². The van der Waals surface area contributed by atoms with Crippen molar-refractivity contribution in [2.45, 2.75) is 193 Å². The van der Waals surface area contributed by atoms with Crippen molar-refractivity contribution in [3.63, 3.8) is 0 Å². The summed E-state index contributed by atoms with van der Waals surface area (Å²) in [5, 5.41) is 180. The number of hydrogen-bond donors (Lipinski definition) is 21. The summed E-state index contributed by atoms with van der Waals surface area (Å²) in [5.41, 5.74) is 0. The predicted octanol–water partition coefficient (Wildman–Crippen LogP) is -10.9. The molecule has 20 atom stereocenters. The molecule has 546 valence electrons. The molecule has 4 aliphatic rings. The second kappa shape index (κ2) is 43.8. The van der Waals surface area contributed by atoms with Gasteiger partial charge in [0.2, 0.25) is 29.5 Å². The molecule has 0 unspecified atom stereocenters. The minimum absolute atomic E-state index is 0.0351. The van der Waals surface area contributed by atoms with Crippen LogP contribution in [0.4, 0.5) is 4.79 Å². The van der Waals surface area contributed by atoms with Crippen molar-refractivity contribution < 1.29 is 153 Å². The zero-order valence-electron chi connectivity index (χ0n) is 52.4. The third kappa shape index (κ3) is 27.1. The van der Waals surface area contributed by atoms with E-state index in [-0.39, 0.29) is 111 Å². The molecule has 0 spiro atoms. The number of hydrogen-bond acceptors (Lipinski definition) is 31. The summed E-state index contributed by atoms with van der Waals surface area (Å²) in [6.07, 6.45) is -28.7. The highest BCUT2D eigenvalue weighted by molar-refractivity contribution is 5.84. The van der Waals surface area contributed by atoms with Crippen LogP contribution in [0.25, 0.3) is 0 Å². The molecule has 38 heteroatoms. The molecular formula is C56H101N7O31. The molecule has 0 saturated carbocycles. The van der Waals surface area contributed by atoms with E-state index < -0.39 is 185 Å². The summed E-state index contributed by atoms with van der Waals surface area (Å²) in [5.74, 6) is -2.41. The topological polar surface area (TPSA) is 578 Å². The number of nitrogens with zero attached hydrogens (tertiary/aromatic N) is 3. The molecule has 0 aromatic rings. The van der Waals surface area contributed by atoms with Crippen molar-refractivity contribution in [3.8, 4) is 0 Å². The standard InChI is InChI=1S/C56H101N7O31/c64-27-31-40(73)44(77)48(81)52(91-31)87-20-16-62(17-21-88-53-49(82)45(78)41(74)32(28-65)92-53)38(71)10-4-1-6-12-57-35(68)24-61(26-37(70)59-14-8-3-9-15-60-56(85)86)25-36(69)58-13-7-2-5-11-39(72)63(18-22-89-54-50(83)46(79)42(75)33(29-66)93-54)19-23-90-55-51(84)47(80)43(76)34(30-67)94-55/h31-34,40-55,60,64-67,73-84H,1-30H2,(H,57,68)(H,58,69)(H,59,70)(H,85,86)/t31-,32-,33-,34-,40-,41-,42-,43-,44+,45+,46+,47+,48+,49+,50+,51+,52+,53+,54+,55+/m1/s1. The van der Waals surface area contributed by atoms with Crippen LogP contribution in [-0.2, 0) is 61.9 Å². The molecule has 4 heterocycles. The maximum absolute atomic E-state index is 13.6. The molecule has 0 aromatic carbocycles. The van der Waals surface area contributed by atoms with Crippen LogP contribution in [0.2, 0.25) is 0 Å². The number of ether oxygens (including phenoxy) is 8. The lowest BCUT2D eigenvalue weighted by Gasteiger charge is -2.40. The van der Waals surface area contributed by atoms with Crippen LogP contribution in [0.1, 0.15) is 70.6 Å². The smallest absolute Gasteiger partial charge is 0.404 e. The van der Waals surface area contributed by atoms with Crippen molar-refractivity contribution in [3.05, 3.63) is 0 Å². The Morgan fingerprint density at radius 2 is 0.574 bits per heavy atom. The lowest BCUT2D eigenvalue weighted by Crippen LogP contribution is -2.59. The Bertz CT molecular complexity index is 1990. The molecular weight excluding hydrogens is 1270 g/mol. The average Bonchev–Trinajstić information content (AvgIpc) is 0.873. The first-order chi connectivity index (χ1) is 44.9. The highest BCUT2D eigenvalue weighted by Crippen LogP contribution is 2.26. The molecule has 4 fully saturated rings. The van der Waals surface area contributed by atoms with Crippen molar-refractivity contribution in [2.24, 2.45) is 0 Å². The van der Waals surface area contributed by atoms with E-state index in [9.17, 15) is 110 Å². The van der Waals surface area contributed by atoms with Gasteiger partial charge in [0, 0.05) is 65.2 Å². The molecule has 4 aliphatic heterocycles. The van der Waals surface area contributed by atoms with Crippen LogP contribution in [0.5, 0.6) is 0 Å². The quantitative estimate of drug-likeness (QED) is 0.0252. The van der Waals surface area contributed by atoms with E-state index in [1.165, 1.54) is 14.7 Å². The van der Waals surface area contributed by atoms with Crippen molar-refractivity contribution in [1.82, 2.24) is 36.0 Å². The maximum atomic E-state index is 13.6. The van der Waals surface area contributed by atoms with E-state index in [2.05, 4.69) is 21.3 Å². The summed E-state index contributed by atoms with van der Waals surface area (Å²) < 4.78 is 43.9. The molecule has 0 aromatic heterocycles. The van der Waals surface area contributed by atoms with Crippen LogP contribution in [0.3, 0.4) is 0 Å². The van der Waals surface area contributed by atoms with Crippen molar-refractivity contribution >= 4 is 35.6 Å². The predicted molar refractivity (Wildman–Crippen MR) is 314 cm³/mol. The summed E-state index contributed by atoms with van der Waals surface area (Å²) in [7, 11) is 0. The summed E-state index contributed by atoms with van der Waals surface area (Å²) in [6, 6.07) is 0. The fourth-order valence-electron chi connectivity index (χ4n) is 10.4. The Balaban J connectivity index is 1.27. The first-order valence-corrected chi connectivity index (χ1v) is 31.6. The SMILES string of the molecule is O=C(O)NCCCCCNC(=O)CN(CC(=O)NCCCCCC(=O)N(CCO[C@H]1O[C@H](CO)[C@@H](O)[C@H](O)[C@@H]1O)CCO[C@H]1O[C@H](CO)[C@@H](O)[C@H](O)[C@@H]1O)CC(=O)NCCCCCC(=O)N(CCO[C@H]1O[C@H](CO)[C@@H](O)[C@H](O)[C@@H]1O)CCO[C@H]1O[C@H](CO)[C@@H](O)[C@H](O)[C@@H]1O. The van der Waals surface area contributed by atoms with Gasteiger partial charge in [-0.05, 0) is 44.9 Å². The molecule has 0 aliphatic carbocycles. The maximum Gasteiger partial charge on any atom is 0.404 e. The third-order valence-corrected chi connectivity index (χ3v) is 16.0. The number of nitrogens with one attached hydrogen (secondary N) is 4. The Morgan fingerprint density at radius 1 is 0.330 bits per heavy atom. The van der Waals surface area contributed by atoms with Gasteiger partial charge in [0.05, 0.1) is 72.5 Å². The number of carboxylic acid groups (broad SMARTS) is 1. The molecule has 4 rings (SSSR count).